The number of hydrogen-bond acceptors (Lipinski definition) is 4. The molecule has 0 heterocycles. The Morgan fingerprint density at radius 2 is 1.28 bits per heavy atom. The summed E-state index contributed by atoms with van der Waals surface area (Å²) in [7, 11) is 0. The van der Waals surface area contributed by atoms with Gasteiger partial charge in [0.1, 0.15) is 5.25 Å². The highest BCUT2D eigenvalue weighted by Crippen LogP contribution is 2.38. The molecular weight excluding hydrogens is 556 g/mol. The van der Waals surface area contributed by atoms with E-state index in [1.807, 2.05) is 91.0 Å². The minimum atomic E-state index is -1.10. The number of fused-ring (bicyclic) bond motifs is 2. The Bertz CT molecular complexity index is 1980. The van der Waals surface area contributed by atoms with Crippen LogP contribution in [0.5, 0.6) is 0 Å². The molecule has 0 saturated heterocycles. The summed E-state index contributed by atoms with van der Waals surface area (Å²) in [6.07, 6.45) is 0. The maximum atomic E-state index is 13.8. The van der Waals surface area contributed by atoms with Gasteiger partial charge in [-0.15, -0.1) is 11.8 Å². The van der Waals surface area contributed by atoms with E-state index in [0.29, 0.717) is 16.5 Å². The molecule has 0 radical (unpaired) electrons. The average molecular weight is 583 g/mol. The molecule has 6 aromatic carbocycles. The minimum Gasteiger partial charge on any atom is -0.478 e. The molecule has 1 atom stereocenters. The number of carboxylic acids is 1. The molecule has 0 saturated carbocycles. The molecule has 6 nitrogen and oxygen atoms in total. The number of carbonyl (C=O) groups excluding carboxylic acids is 2. The summed E-state index contributed by atoms with van der Waals surface area (Å²) >= 11 is 1.38. The standard InChI is InChI=1S/C36H26N2O4S/c39-34(29-19-6-14-24-15-7-20-30(32(24)29)36(41)42)37-26-16-9-17-27(22-26)43-33(25-11-2-1-3-12-25)35(40)38-31-21-8-13-23-10-4-5-18-28(23)31/h1-22,33H,(H,37,39)(H,38,40)(H,41,42). The molecule has 2 amide bonds. The van der Waals surface area contributed by atoms with Gasteiger partial charge in [-0.25, -0.2) is 4.79 Å². The Kier molecular flexibility index (Phi) is 7.89. The molecule has 6 rings (SSSR count). The van der Waals surface area contributed by atoms with E-state index in [-0.39, 0.29) is 17.0 Å². The second-order valence-electron chi connectivity index (χ2n) is 9.92. The summed E-state index contributed by atoms with van der Waals surface area (Å²) in [5.74, 6) is -1.69. The van der Waals surface area contributed by atoms with E-state index in [2.05, 4.69) is 10.6 Å². The topological polar surface area (TPSA) is 95.5 Å². The van der Waals surface area contributed by atoms with Crippen molar-refractivity contribution < 1.29 is 19.5 Å². The summed E-state index contributed by atoms with van der Waals surface area (Å²) in [4.78, 5) is 39.8. The number of benzene rings is 6. The lowest BCUT2D eigenvalue weighted by atomic mass is 9.98. The predicted molar refractivity (Wildman–Crippen MR) is 173 cm³/mol. The van der Waals surface area contributed by atoms with Crippen LogP contribution in [0, 0.1) is 0 Å². The molecule has 0 bridgehead atoms. The van der Waals surface area contributed by atoms with Crippen LogP contribution in [0.1, 0.15) is 31.5 Å². The van der Waals surface area contributed by atoms with Crippen molar-refractivity contribution in [3.05, 3.63) is 150 Å². The van der Waals surface area contributed by atoms with E-state index in [1.54, 1.807) is 36.4 Å². The number of hydrogen-bond donors (Lipinski definition) is 3. The minimum absolute atomic E-state index is 0.0652. The highest BCUT2D eigenvalue weighted by molar-refractivity contribution is 8.00. The maximum Gasteiger partial charge on any atom is 0.336 e. The van der Waals surface area contributed by atoms with Gasteiger partial charge in [-0.05, 0) is 52.7 Å². The number of aromatic carboxylic acids is 1. The second-order valence-corrected chi connectivity index (χ2v) is 11.1. The SMILES string of the molecule is O=C(O)c1cccc2cccc(C(=O)Nc3cccc(SC(C(=O)Nc4cccc5ccccc45)c4ccccc4)c3)c12. The van der Waals surface area contributed by atoms with Crippen molar-refractivity contribution in [1.29, 1.82) is 0 Å². The van der Waals surface area contributed by atoms with Crippen LogP contribution in [-0.2, 0) is 4.79 Å². The van der Waals surface area contributed by atoms with Crippen LogP contribution in [0.25, 0.3) is 21.5 Å². The Balaban J connectivity index is 1.27. The van der Waals surface area contributed by atoms with Gasteiger partial charge in [-0.1, -0.05) is 97.1 Å². The monoisotopic (exact) mass is 582 g/mol. The summed E-state index contributed by atoms with van der Waals surface area (Å²) < 4.78 is 0. The fraction of sp³-hybridized carbons (Fsp3) is 0.0278. The van der Waals surface area contributed by atoms with E-state index in [9.17, 15) is 19.5 Å². The first-order valence-electron chi connectivity index (χ1n) is 13.6. The third-order valence-corrected chi connectivity index (χ3v) is 8.36. The number of rotatable bonds is 8. The smallest absolute Gasteiger partial charge is 0.336 e. The van der Waals surface area contributed by atoms with E-state index in [4.69, 9.17) is 0 Å². The Morgan fingerprint density at radius 1 is 0.628 bits per heavy atom. The quantitative estimate of drug-likeness (QED) is 0.157. The van der Waals surface area contributed by atoms with Crippen molar-refractivity contribution in [2.24, 2.45) is 0 Å². The van der Waals surface area contributed by atoms with E-state index < -0.39 is 17.1 Å². The Morgan fingerprint density at radius 3 is 2.07 bits per heavy atom. The van der Waals surface area contributed by atoms with Crippen molar-refractivity contribution in [2.75, 3.05) is 10.6 Å². The van der Waals surface area contributed by atoms with Crippen LogP contribution < -0.4 is 10.6 Å². The Labute approximate surface area is 252 Å². The van der Waals surface area contributed by atoms with Gasteiger partial charge in [0.2, 0.25) is 5.91 Å². The molecule has 43 heavy (non-hydrogen) atoms. The number of carbonyl (C=O) groups is 3. The molecule has 6 aromatic rings. The third-order valence-electron chi connectivity index (χ3n) is 7.11. The lowest BCUT2D eigenvalue weighted by Gasteiger charge is -2.18. The second kappa shape index (κ2) is 12.2. The molecular formula is C36H26N2O4S. The van der Waals surface area contributed by atoms with Gasteiger partial charge in [0.05, 0.1) is 5.56 Å². The van der Waals surface area contributed by atoms with Crippen LogP contribution in [0.2, 0.25) is 0 Å². The fourth-order valence-electron chi connectivity index (χ4n) is 5.12. The first-order chi connectivity index (χ1) is 21.0. The third kappa shape index (κ3) is 5.98. The number of amides is 2. The van der Waals surface area contributed by atoms with Gasteiger partial charge in [0.15, 0.2) is 0 Å². The molecule has 3 N–H and O–H groups in total. The normalized spacial score (nSPS) is 11.6. The van der Waals surface area contributed by atoms with E-state index in [0.717, 1.165) is 26.9 Å². The molecule has 0 fully saturated rings. The summed E-state index contributed by atoms with van der Waals surface area (Å²) in [6.45, 7) is 0. The van der Waals surface area contributed by atoms with Crippen molar-refractivity contribution in [3.63, 3.8) is 0 Å². The van der Waals surface area contributed by atoms with Crippen molar-refractivity contribution in [1.82, 2.24) is 0 Å². The molecule has 0 aliphatic heterocycles. The maximum absolute atomic E-state index is 13.8. The molecule has 1 unspecified atom stereocenters. The first kappa shape index (κ1) is 27.8. The predicted octanol–water partition coefficient (Wildman–Crippen LogP) is 8.42. The lowest BCUT2D eigenvalue weighted by Crippen LogP contribution is -2.19. The van der Waals surface area contributed by atoms with Crippen molar-refractivity contribution >= 4 is 62.5 Å². The van der Waals surface area contributed by atoms with E-state index >= 15 is 0 Å². The average Bonchev–Trinajstić information content (AvgIpc) is 3.03. The van der Waals surface area contributed by atoms with Crippen LogP contribution in [0.3, 0.4) is 0 Å². The zero-order valence-electron chi connectivity index (χ0n) is 22.9. The zero-order valence-corrected chi connectivity index (χ0v) is 23.7. The fourth-order valence-corrected chi connectivity index (χ4v) is 6.21. The van der Waals surface area contributed by atoms with Gasteiger partial charge in [-0.3, -0.25) is 9.59 Å². The van der Waals surface area contributed by atoms with Gasteiger partial charge >= 0.3 is 5.97 Å². The molecule has 0 aromatic heterocycles. The number of anilines is 2. The summed E-state index contributed by atoms with van der Waals surface area (Å²) in [6, 6.07) is 40.6. The lowest BCUT2D eigenvalue weighted by molar-refractivity contribution is -0.115. The molecule has 210 valence electrons. The Hall–Kier alpha value is -5.40. The highest BCUT2D eigenvalue weighted by atomic mass is 32.2. The zero-order chi connectivity index (χ0) is 29.8. The van der Waals surface area contributed by atoms with Crippen LogP contribution >= 0.6 is 11.8 Å². The number of thioether (sulfide) groups is 1. The molecule has 0 aliphatic rings. The molecule has 7 heteroatoms. The van der Waals surface area contributed by atoms with Crippen LogP contribution in [0.15, 0.2) is 138 Å². The van der Waals surface area contributed by atoms with E-state index in [1.165, 1.54) is 17.8 Å². The van der Waals surface area contributed by atoms with Crippen LogP contribution in [0.4, 0.5) is 11.4 Å². The van der Waals surface area contributed by atoms with Crippen molar-refractivity contribution in [3.8, 4) is 0 Å². The first-order valence-corrected chi connectivity index (χ1v) is 14.5. The number of carboxylic acid groups (broad SMARTS) is 1. The van der Waals surface area contributed by atoms with Gasteiger partial charge in [0, 0.05) is 32.6 Å². The summed E-state index contributed by atoms with van der Waals surface area (Å²) in [5, 5.41) is 18.2. The molecule has 0 spiro atoms. The van der Waals surface area contributed by atoms with Gasteiger partial charge in [-0.2, -0.15) is 0 Å². The summed E-state index contributed by atoms with van der Waals surface area (Å²) in [5.41, 5.74) is 2.44. The van der Waals surface area contributed by atoms with Gasteiger partial charge in [0.25, 0.3) is 5.91 Å². The van der Waals surface area contributed by atoms with Crippen molar-refractivity contribution in [2.45, 2.75) is 10.1 Å². The van der Waals surface area contributed by atoms with Gasteiger partial charge < -0.3 is 15.7 Å². The van der Waals surface area contributed by atoms with Crippen LogP contribution in [-0.4, -0.2) is 22.9 Å². The largest absolute Gasteiger partial charge is 0.478 e. The molecule has 0 aliphatic carbocycles. The number of nitrogens with one attached hydrogen (secondary N) is 2. The highest BCUT2D eigenvalue weighted by Gasteiger charge is 2.23.